The summed E-state index contributed by atoms with van der Waals surface area (Å²) in [4.78, 5) is 0. The molecule has 0 aliphatic heterocycles. The fraction of sp³-hybridized carbons (Fsp3) is 0. The van der Waals surface area contributed by atoms with Gasteiger partial charge in [0.25, 0.3) is 0 Å². The zero-order valence-corrected chi connectivity index (χ0v) is 29.5. The second-order valence-electron chi connectivity index (χ2n) is 14.0. The molecule has 3 aromatic heterocycles. The second-order valence-corrected chi connectivity index (χ2v) is 14.0. The topological polar surface area (TPSA) is 62.4 Å². The van der Waals surface area contributed by atoms with Gasteiger partial charge in [-0.1, -0.05) is 97.1 Å². The van der Waals surface area contributed by atoms with Crippen molar-refractivity contribution in [2.45, 2.75) is 0 Å². The smallest absolute Gasteiger partial charge is 0.0992 e. The first-order valence-electron chi connectivity index (χ1n) is 18.3. The molecule has 8 aromatic carbocycles. The lowest BCUT2D eigenvalue weighted by Crippen LogP contribution is -1.99. The molecule has 55 heavy (non-hydrogen) atoms. The zero-order chi connectivity index (χ0) is 36.6. The van der Waals surface area contributed by atoms with Gasteiger partial charge < -0.3 is 13.7 Å². The van der Waals surface area contributed by atoms with Gasteiger partial charge in [0.05, 0.1) is 62.1 Å². The molecule has 0 saturated heterocycles. The molecule has 3 heterocycles. The van der Waals surface area contributed by atoms with Gasteiger partial charge in [0, 0.05) is 49.3 Å². The minimum atomic E-state index is 0.583. The van der Waals surface area contributed by atoms with Crippen molar-refractivity contribution >= 4 is 65.4 Å². The maximum Gasteiger partial charge on any atom is 0.0992 e. The van der Waals surface area contributed by atoms with Crippen LogP contribution < -0.4 is 0 Å². The maximum absolute atomic E-state index is 10.0. The molecule has 0 aliphatic carbocycles. The summed E-state index contributed by atoms with van der Waals surface area (Å²) in [6, 6.07) is 66.1. The molecule has 0 N–H and O–H groups in total. The summed E-state index contributed by atoms with van der Waals surface area (Å²) in [5, 5.41) is 26.7. The highest BCUT2D eigenvalue weighted by Gasteiger charge is 2.19. The number of hydrogen-bond donors (Lipinski definition) is 0. The number of nitriles is 2. The average molecular weight is 700 g/mol. The summed E-state index contributed by atoms with van der Waals surface area (Å²) >= 11 is 0. The standard InChI is InChI=1S/C50H29N5/c51-30-32-18-26-48-43(27-32)41-12-4-8-16-47(41)55(48)49-28-33(31-52)17-24-37(49)34-19-21-35(22-20-34)53-44-13-5-3-11-40(44)42-25-23-36(29-50(42)53)54-45-14-6-1-9-38(45)39-10-2-7-15-46(39)54/h1-29H. The third-order valence-electron chi connectivity index (χ3n) is 11.1. The fourth-order valence-electron chi connectivity index (χ4n) is 8.70. The van der Waals surface area contributed by atoms with Crippen molar-refractivity contribution in [1.82, 2.24) is 13.7 Å². The van der Waals surface area contributed by atoms with E-state index < -0.39 is 0 Å². The minimum Gasteiger partial charge on any atom is -0.309 e. The van der Waals surface area contributed by atoms with Crippen molar-refractivity contribution in [2.75, 3.05) is 0 Å². The lowest BCUT2D eigenvalue weighted by atomic mass is 10.0. The number of benzene rings is 8. The highest BCUT2D eigenvalue weighted by atomic mass is 15.0. The molecule has 5 nitrogen and oxygen atoms in total. The van der Waals surface area contributed by atoms with Crippen molar-refractivity contribution < 1.29 is 0 Å². The molecule has 0 fully saturated rings. The lowest BCUT2D eigenvalue weighted by molar-refractivity contribution is 1.15. The van der Waals surface area contributed by atoms with Crippen LogP contribution in [0.1, 0.15) is 11.1 Å². The normalized spacial score (nSPS) is 11.6. The van der Waals surface area contributed by atoms with Crippen LogP contribution in [0, 0.1) is 22.7 Å². The van der Waals surface area contributed by atoms with Crippen LogP contribution >= 0.6 is 0 Å². The van der Waals surface area contributed by atoms with Gasteiger partial charge in [0.15, 0.2) is 0 Å². The molecule has 254 valence electrons. The van der Waals surface area contributed by atoms with Crippen LogP contribution in [0.2, 0.25) is 0 Å². The third kappa shape index (κ3) is 4.51. The Bertz CT molecular complexity index is 3400. The average Bonchev–Trinajstić information content (AvgIpc) is 3.88. The molecule has 0 atom stereocenters. The van der Waals surface area contributed by atoms with Gasteiger partial charge in [0.1, 0.15) is 0 Å². The summed E-state index contributed by atoms with van der Waals surface area (Å²) < 4.78 is 6.96. The van der Waals surface area contributed by atoms with Crippen LogP contribution in [0.4, 0.5) is 0 Å². The number of para-hydroxylation sites is 4. The van der Waals surface area contributed by atoms with E-state index in [-0.39, 0.29) is 0 Å². The number of rotatable bonds is 4. The summed E-state index contributed by atoms with van der Waals surface area (Å²) in [6.45, 7) is 0. The number of aromatic nitrogens is 3. The molecular weight excluding hydrogens is 671 g/mol. The van der Waals surface area contributed by atoms with E-state index in [2.05, 4.69) is 153 Å². The summed E-state index contributed by atoms with van der Waals surface area (Å²) in [5.74, 6) is 0. The van der Waals surface area contributed by atoms with Gasteiger partial charge in [-0.3, -0.25) is 0 Å². The Morgan fingerprint density at radius 3 is 1.38 bits per heavy atom. The highest BCUT2D eigenvalue weighted by molar-refractivity contribution is 6.12. The van der Waals surface area contributed by atoms with E-state index in [0.717, 1.165) is 61.0 Å². The molecule has 5 heteroatoms. The molecule has 11 aromatic rings. The van der Waals surface area contributed by atoms with E-state index >= 15 is 0 Å². The second kappa shape index (κ2) is 11.8. The number of hydrogen-bond acceptors (Lipinski definition) is 2. The number of nitrogens with zero attached hydrogens (tertiary/aromatic N) is 5. The summed E-state index contributed by atoms with van der Waals surface area (Å²) in [6.07, 6.45) is 0. The maximum atomic E-state index is 10.0. The van der Waals surface area contributed by atoms with E-state index in [9.17, 15) is 10.5 Å². The molecule has 0 aliphatic rings. The Labute approximate surface area is 316 Å². The van der Waals surface area contributed by atoms with Crippen molar-refractivity contribution in [3.8, 4) is 40.3 Å². The van der Waals surface area contributed by atoms with E-state index in [1.54, 1.807) is 0 Å². The number of fused-ring (bicyclic) bond motifs is 9. The van der Waals surface area contributed by atoms with E-state index in [1.165, 1.54) is 32.6 Å². The van der Waals surface area contributed by atoms with Gasteiger partial charge in [-0.15, -0.1) is 0 Å². The van der Waals surface area contributed by atoms with Crippen molar-refractivity contribution in [3.63, 3.8) is 0 Å². The first-order chi connectivity index (χ1) is 27.2. The van der Waals surface area contributed by atoms with Gasteiger partial charge in [-0.25, -0.2) is 0 Å². The fourth-order valence-corrected chi connectivity index (χ4v) is 8.70. The van der Waals surface area contributed by atoms with Gasteiger partial charge in [-0.05, 0) is 84.4 Å². The van der Waals surface area contributed by atoms with Crippen LogP contribution in [0.3, 0.4) is 0 Å². The highest BCUT2D eigenvalue weighted by Crippen LogP contribution is 2.39. The predicted molar refractivity (Wildman–Crippen MR) is 224 cm³/mol. The Morgan fingerprint density at radius 2 is 0.782 bits per heavy atom. The Hall–Kier alpha value is -7.86. The SMILES string of the molecule is N#Cc1ccc(-c2ccc(-n3c4ccccc4c4ccc(-n5c6ccccc6c6ccccc65)cc43)cc2)c(-n2c3ccccc3c3cc(C#N)ccc32)c1. The van der Waals surface area contributed by atoms with Gasteiger partial charge >= 0.3 is 0 Å². The molecule has 0 radical (unpaired) electrons. The monoisotopic (exact) mass is 699 g/mol. The summed E-state index contributed by atoms with van der Waals surface area (Å²) in [7, 11) is 0. The molecular formula is C50H29N5. The molecule has 0 saturated carbocycles. The Balaban J connectivity index is 1.10. The van der Waals surface area contributed by atoms with Crippen molar-refractivity contribution in [1.29, 1.82) is 10.5 Å². The van der Waals surface area contributed by atoms with Gasteiger partial charge in [-0.2, -0.15) is 10.5 Å². The van der Waals surface area contributed by atoms with Crippen molar-refractivity contribution in [3.05, 3.63) is 187 Å². The molecule has 11 rings (SSSR count). The van der Waals surface area contributed by atoms with Crippen LogP contribution in [-0.4, -0.2) is 13.7 Å². The van der Waals surface area contributed by atoms with Crippen molar-refractivity contribution in [2.24, 2.45) is 0 Å². The van der Waals surface area contributed by atoms with E-state index in [1.807, 2.05) is 48.5 Å². The van der Waals surface area contributed by atoms with Crippen LogP contribution in [-0.2, 0) is 0 Å². The Morgan fingerprint density at radius 1 is 0.327 bits per heavy atom. The lowest BCUT2D eigenvalue weighted by Gasteiger charge is -2.16. The van der Waals surface area contributed by atoms with Gasteiger partial charge in [0.2, 0.25) is 0 Å². The first kappa shape index (κ1) is 30.7. The largest absolute Gasteiger partial charge is 0.309 e. The Kier molecular flexibility index (Phi) is 6.61. The van der Waals surface area contributed by atoms with E-state index in [4.69, 9.17) is 0 Å². The van der Waals surface area contributed by atoms with Crippen LogP contribution in [0.25, 0.3) is 93.6 Å². The quantitative estimate of drug-likeness (QED) is 0.184. The van der Waals surface area contributed by atoms with E-state index in [0.29, 0.717) is 11.1 Å². The summed E-state index contributed by atoms with van der Waals surface area (Å²) in [5.41, 5.74) is 13.0. The molecule has 0 amide bonds. The molecule has 0 bridgehead atoms. The third-order valence-corrected chi connectivity index (χ3v) is 11.1. The first-order valence-corrected chi connectivity index (χ1v) is 18.3. The van der Waals surface area contributed by atoms with Crippen LogP contribution in [0.5, 0.6) is 0 Å². The minimum absolute atomic E-state index is 0.583. The zero-order valence-electron chi connectivity index (χ0n) is 29.5. The molecule has 0 unspecified atom stereocenters. The molecule has 0 spiro atoms. The van der Waals surface area contributed by atoms with Crippen LogP contribution in [0.15, 0.2) is 176 Å². The predicted octanol–water partition coefficient (Wildman–Crippen LogP) is 12.4.